The summed E-state index contributed by atoms with van der Waals surface area (Å²) in [6, 6.07) is 8.79. The second-order valence-corrected chi connectivity index (χ2v) is 7.17. The highest BCUT2D eigenvalue weighted by molar-refractivity contribution is 5.89. The molecule has 0 saturated heterocycles. The molecule has 2 atom stereocenters. The second-order valence-electron chi connectivity index (χ2n) is 7.17. The van der Waals surface area contributed by atoms with Gasteiger partial charge in [-0.05, 0) is 50.6 Å². The van der Waals surface area contributed by atoms with Crippen LogP contribution in [0.1, 0.15) is 56.1 Å². The van der Waals surface area contributed by atoms with Gasteiger partial charge in [-0.1, -0.05) is 49.1 Å². The van der Waals surface area contributed by atoms with E-state index in [1.54, 1.807) is 0 Å². The van der Waals surface area contributed by atoms with Gasteiger partial charge in [-0.3, -0.25) is 4.79 Å². The molecule has 0 aromatic heterocycles. The van der Waals surface area contributed by atoms with Gasteiger partial charge in [0.1, 0.15) is 0 Å². The Morgan fingerprint density at radius 3 is 2.73 bits per heavy atom. The largest absolute Gasteiger partial charge is 0.352 e. The van der Waals surface area contributed by atoms with Gasteiger partial charge < -0.3 is 11.1 Å². The summed E-state index contributed by atoms with van der Waals surface area (Å²) in [5, 5.41) is 3.36. The van der Waals surface area contributed by atoms with Crippen molar-refractivity contribution in [1.82, 2.24) is 5.32 Å². The van der Waals surface area contributed by atoms with E-state index in [1.807, 2.05) is 0 Å². The van der Waals surface area contributed by atoms with Crippen LogP contribution < -0.4 is 11.1 Å². The number of aryl methyl sites for hydroxylation is 1. The SMILES string of the molecule is Cc1cccc(C2(C(=O)NC3CCCC3CN)CCCC2)c1. The Morgan fingerprint density at radius 1 is 1.27 bits per heavy atom. The molecule has 1 aromatic carbocycles. The van der Waals surface area contributed by atoms with Gasteiger partial charge in [0.25, 0.3) is 0 Å². The smallest absolute Gasteiger partial charge is 0.230 e. The zero-order valence-corrected chi connectivity index (χ0v) is 13.6. The fraction of sp³-hybridized carbons (Fsp3) is 0.632. The Balaban J connectivity index is 1.83. The summed E-state index contributed by atoms with van der Waals surface area (Å²) in [5.41, 5.74) is 7.99. The Bertz CT molecular complexity index is 534. The molecule has 22 heavy (non-hydrogen) atoms. The first-order valence-corrected chi connectivity index (χ1v) is 8.74. The number of carbonyl (C=O) groups excluding carboxylic acids is 1. The number of nitrogens with two attached hydrogens (primary N) is 1. The molecule has 0 heterocycles. The minimum absolute atomic E-state index is 0.237. The van der Waals surface area contributed by atoms with Crippen LogP contribution >= 0.6 is 0 Å². The van der Waals surface area contributed by atoms with Crippen molar-refractivity contribution in [3.8, 4) is 0 Å². The van der Waals surface area contributed by atoms with Crippen LogP contribution in [-0.2, 0) is 10.2 Å². The molecule has 120 valence electrons. The number of carbonyl (C=O) groups is 1. The lowest BCUT2D eigenvalue weighted by Gasteiger charge is -2.31. The second kappa shape index (κ2) is 6.41. The average Bonchev–Trinajstić information content (AvgIpc) is 3.16. The van der Waals surface area contributed by atoms with Crippen LogP contribution in [0.3, 0.4) is 0 Å². The van der Waals surface area contributed by atoms with Crippen LogP contribution in [0.4, 0.5) is 0 Å². The van der Waals surface area contributed by atoms with Crippen molar-refractivity contribution in [2.24, 2.45) is 11.7 Å². The van der Waals surface area contributed by atoms with E-state index in [0.717, 1.165) is 38.5 Å². The highest BCUT2D eigenvalue weighted by Gasteiger charge is 2.44. The van der Waals surface area contributed by atoms with Crippen LogP contribution in [0, 0.1) is 12.8 Å². The van der Waals surface area contributed by atoms with Gasteiger partial charge in [-0.25, -0.2) is 0 Å². The third-order valence-corrected chi connectivity index (χ3v) is 5.74. The molecule has 1 amide bonds. The molecule has 3 heteroatoms. The molecular weight excluding hydrogens is 272 g/mol. The van der Waals surface area contributed by atoms with E-state index >= 15 is 0 Å². The van der Waals surface area contributed by atoms with E-state index in [0.29, 0.717) is 12.5 Å². The molecule has 2 aliphatic rings. The molecular formula is C19H28N2O. The minimum atomic E-state index is -0.312. The normalized spacial score (nSPS) is 27.0. The maximum absolute atomic E-state index is 13.1. The quantitative estimate of drug-likeness (QED) is 0.898. The van der Waals surface area contributed by atoms with Gasteiger partial charge in [0.2, 0.25) is 5.91 Å². The molecule has 2 saturated carbocycles. The highest BCUT2D eigenvalue weighted by atomic mass is 16.2. The lowest BCUT2D eigenvalue weighted by molar-refractivity contribution is -0.127. The van der Waals surface area contributed by atoms with Crippen molar-refractivity contribution < 1.29 is 4.79 Å². The van der Waals surface area contributed by atoms with Gasteiger partial charge in [-0.2, -0.15) is 0 Å². The lowest BCUT2D eigenvalue weighted by atomic mass is 9.77. The van der Waals surface area contributed by atoms with Crippen LogP contribution in [0.5, 0.6) is 0 Å². The van der Waals surface area contributed by atoms with Crippen molar-refractivity contribution >= 4 is 5.91 Å². The van der Waals surface area contributed by atoms with E-state index in [1.165, 1.54) is 17.5 Å². The van der Waals surface area contributed by atoms with E-state index < -0.39 is 0 Å². The number of rotatable bonds is 4. The van der Waals surface area contributed by atoms with Crippen molar-refractivity contribution in [3.63, 3.8) is 0 Å². The molecule has 3 rings (SSSR count). The summed E-state index contributed by atoms with van der Waals surface area (Å²) in [7, 11) is 0. The van der Waals surface area contributed by atoms with E-state index in [-0.39, 0.29) is 17.4 Å². The third-order valence-electron chi connectivity index (χ3n) is 5.74. The zero-order chi connectivity index (χ0) is 15.6. The summed E-state index contributed by atoms with van der Waals surface area (Å²) in [4.78, 5) is 13.1. The first kappa shape index (κ1) is 15.5. The van der Waals surface area contributed by atoms with Gasteiger partial charge in [0.05, 0.1) is 5.41 Å². The van der Waals surface area contributed by atoms with E-state index in [4.69, 9.17) is 5.73 Å². The summed E-state index contributed by atoms with van der Waals surface area (Å²) in [5.74, 6) is 0.695. The topological polar surface area (TPSA) is 55.1 Å². The summed E-state index contributed by atoms with van der Waals surface area (Å²) in [6.45, 7) is 2.79. The molecule has 3 nitrogen and oxygen atoms in total. The first-order valence-electron chi connectivity index (χ1n) is 8.74. The molecule has 2 fully saturated rings. The molecule has 0 radical (unpaired) electrons. The number of nitrogens with one attached hydrogen (secondary N) is 1. The van der Waals surface area contributed by atoms with E-state index in [2.05, 4.69) is 36.5 Å². The number of amides is 1. The number of benzene rings is 1. The predicted octanol–water partition coefficient (Wildman–Crippen LogP) is 3.05. The minimum Gasteiger partial charge on any atom is -0.352 e. The van der Waals surface area contributed by atoms with Gasteiger partial charge in [0, 0.05) is 6.04 Å². The maximum atomic E-state index is 13.1. The fourth-order valence-electron chi connectivity index (χ4n) is 4.38. The average molecular weight is 300 g/mol. The third kappa shape index (κ3) is 2.79. The molecule has 2 aliphatic carbocycles. The van der Waals surface area contributed by atoms with Gasteiger partial charge in [0.15, 0.2) is 0 Å². The molecule has 1 aromatic rings. The summed E-state index contributed by atoms with van der Waals surface area (Å²) < 4.78 is 0. The van der Waals surface area contributed by atoms with Crippen molar-refractivity contribution in [2.75, 3.05) is 6.54 Å². The van der Waals surface area contributed by atoms with Crippen molar-refractivity contribution in [3.05, 3.63) is 35.4 Å². The maximum Gasteiger partial charge on any atom is 0.230 e. The van der Waals surface area contributed by atoms with Crippen LogP contribution in [0.15, 0.2) is 24.3 Å². The molecule has 0 aliphatic heterocycles. The van der Waals surface area contributed by atoms with Crippen LogP contribution in [0.25, 0.3) is 0 Å². The van der Waals surface area contributed by atoms with E-state index in [9.17, 15) is 4.79 Å². The van der Waals surface area contributed by atoms with Crippen LogP contribution in [0.2, 0.25) is 0 Å². The number of hydrogen-bond donors (Lipinski definition) is 2. The summed E-state index contributed by atoms with van der Waals surface area (Å²) in [6.07, 6.45) is 7.66. The predicted molar refractivity (Wildman–Crippen MR) is 89.7 cm³/mol. The summed E-state index contributed by atoms with van der Waals surface area (Å²) >= 11 is 0. The Kier molecular flexibility index (Phi) is 4.53. The zero-order valence-electron chi connectivity index (χ0n) is 13.6. The lowest BCUT2D eigenvalue weighted by Crippen LogP contribution is -2.49. The van der Waals surface area contributed by atoms with Crippen molar-refractivity contribution in [1.29, 1.82) is 0 Å². The standard InChI is InChI=1S/C19H28N2O/c1-14-6-4-8-16(12-14)19(10-2-3-11-19)18(22)21-17-9-5-7-15(17)13-20/h4,6,8,12,15,17H,2-3,5,7,9-11,13,20H2,1H3,(H,21,22). The molecule has 3 N–H and O–H groups in total. The first-order chi connectivity index (χ1) is 10.7. The van der Waals surface area contributed by atoms with Gasteiger partial charge in [-0.15, -0.1) is 0 Å². The Hall–Kier alpha value is -1.35. The molecule has 2 unspecified atom stereocenters. The monoisotopic (exact) mass is 300 g/mol. The van der Waals surface area contributed by atoms with Crippen LogP contribution in [-0.4, -0.2) is 18.5 Å². The molecule has 0 spiro atoms. The van der Waals surface area contributed by atoms with Crippen molar-refractivity contribution in [2.45, 2.75) is 63.3 Å². The fourth-order valence-corrected chi connectivity index (χ4v) is 4.38. The molecule has 0 bridgehead atoms. The highest BCUT2D eigenvalue weighted by Crippen LogP contribution is 2.42. The Labute approximate surface area is 133 Å². The van der Waals surface area contributed by atoms with Gasteiger partial charge >= 0.3 is 0 Å². The number of hydrogen-bond acceptors (Lipinski definition) is 2. The Morgan fingerprint density at radius 2 is 2.05 bits per heavy atom.